The van der Waals surface area contributed by atoms with Crippen molar-refractivity contribution in [2.45, 2.75) is 25.3 Å². The second-order valence-electron chi connectivity index (χ2n) is 5.79. The van der Waals surface area contributed by atoms with Crippen LogP contribution in [-0.2, 0) is 6.54 Å². The second-order valence-corrected chi connectivity index (χ2v) is 5.79. The molecule has 2 aromatic heterocycles. The van der Waals surface area contributed by atoms with E-state index in [1.165, 1.54) is 18.5 Å². The predicted octanol–water partition coefficient (Wildman–Crippen LogP) is 2.67. The number of fused-ring (bicyclic) bond motifs is 1. The molecule has 1 fully saturated rings. The fraction of sp³-hybridized carbons (Fsp3) is 0.375. The number of H-pyrrole nitrogens is 2. The summed E-state index contributed by atoms with van der Waals surface area (Å²) >= 11 is 0. The largest absolute Gasteiger partial charge is 0.347 e. The zero-order chi connectivity index (χ0) is 14.1. The van der Waals surface area contributed by atoms with Crippen molar-refractivity contribution in [2.75, 3.05) is 13.1 Å². The molecule has 3 heterocycles. The first-order chi connectivity index (χ1) is 10.4. The fourth-order valence-electron chi connectivity index (χ4n) is 3.20. The van der Waals surface area contributed by atoms with Gasteiger partial charge in [0, 0.05) is 30.9 Å². The van der Waals surface area contributed by atoms with Gasteiger partial charge >= 0.3 is 0 Å². The van der Waals surface area contributed by atoms with Gasteiger partial charge in [0.05, 0.1) is 17.4 Å². The van der Waals surface area contributed by atoms with Gasteiger partial charge in [0.2, 0.25) is 0 Å². The molecule has 0 bridgehead atoms. The van der Waals surface area contributed by atoms with Crippen LogP contribution in [0.1, 0.15) is 30.3 Å². The van der Waals surface area contributed by atoms with Crippen molar-refractivity contribution in [1.82, 2.24) is 24.8 Å². The summed E-state index contributed by atoms with van der Waals surface area (Å²) in [6.07, 6.45) is 6.08. The second kappa shape index (κ2) is 5.33. The number of benzene rings is 1. The van der Waals surface area contributed by atoms with Crippen LogP contribution in [0.25, 0.3) is 11.0 Å². The summed E-state index contributed by atoms with van der Waals surface area (Å²) < 4.78 is 0. The highest BCUT2D eigenvalue weighted by molar-refractivity contribution is 5.74. The highest BCUT2D eigenvalue weighted by Crippen LogP contribution is 2.27. The molecule has 5 heteroatoms. The molecule has 3 aromatic rings. The van der Waals surface area contributed by atoms with Gasteiger partial charge in [-0.15, -0.1) is 0 Å². The first-order valence-electron chi connectivity index (χ1n) is 7.53. The molecule has 1 aromatic carbocycles. The van der Waals surface area contributed by atoms with Gasteiger partial charge in [0.15, 0.2) is 0 Å². The quantitative estimate of drug-likeness (QED) is 0.776. The Labute approximate surface area is 123 Å². The monoisotopic (exact) mass is 281 g/mol. The molecule has 0 unspecified atom stereocenters. The number of aromatic nitrogens is 4. The molecular formula is C16H19N5. The van der Waals surface area contributed by atoms with Crippen LogP contribution in [0.15, 0.2) is 36.8 Å². The lowest BCUT2D eigenvalue weighted by Gasteiger charge is -2.31. The number of piperidine rings is 1. The minimum atomic E-state index is 0.495. The summed E-state index contributed by atoms with van der Waals surface area (Å²) in [7, 11) is 0. The summed E-state index contributed by atoms with van der Waals surface area (Å²) in [5.41, 5.74) is 3.39. The topological polar surface area (TPSA) is 60.6 Å². The van der Waals surface area contributed by atoms with E-state index in [-0.39, 0.29) is 0 Å². The zero-order valence-corrected chi connectivity index (χ0v) is 11.9. The molecule has 5 nitrogen and oxygen atoms in total. The zero-order valence-electron chi connectivity index (χ0n) is 11.9. The predicted molar refractivity (Wildman–Crippen MR) is 81.9 cm³/mol. The summed E-state index contributed by atoms with van der Waals surface area (Å²) in [5.74, 6) is 1.62. The maximum atomic E-state index is 4.77. The third-order valence-electron chi connectivity index (χ3n) is 4.25. The van der Waals surface area contributed by atoms with E-state index in [4.69, 9.17) is 4.98 Å². The van der Waals surface area contributed by atoms with Crippen molar-refractivity contribution in [3.05, 3.63) is 48.3 Å². The molecule has 0 aliphatic carbocycles. The molecular weight excluding hydrogens is 262 g/mol. The van der Waals surface area contributed by atoms with E-state index in [9.17, 15) is 0 Å². The van der Waals surface area contributed by atoms with E-state index in [0.29, 0.717) is 5.92 Å². The minimum absolute atomic E-state index is 0.495. The van der Waals surface area contributed by atoms with Crippen LogP contribution in [0.3, 0.4) is 0 Å². The average Bonchev–Trinajstić information content (AvgIpc) is 3.16. The summed E-state index contributed by atoms with van der Waals surface area (Å²) in [5, 5.41) is 0. The number of aromatic amines is 2. The molecule has 0 saturated carbocycles. The number of para-hydroxylation sites is 2. The normalized spacial score (nSPS) is 20.1. The summed E-state index contributed by atoms with van der Waals surface area (Å²) in [6.45, 7) is 3.14. The summed E-state index contributed by atoms with van der Waals surface area (Å²) in [6, 6.07) is 8.26. The van der Waals surface area contributed by atoms with Gasteiger partial charge in [-0.2, -0.15) is 0 Å². The van der Waals surface area contributed by atoms with E-state index in [2.05, 4.69) is 38.1 Å². The Bertz CT molecular complexity index is 682. The van der Waals surface area contributed by atoms with Gasteiger partial charge in [-0.05, 0) is 31.5 Å². The van der Waals surface area contributed by atoms with Crippen LogP contribution in [0.2, 0.25) is 0 Å². The lowest BCUT2D eigenvalue weighted by molar-refractivity contribution is 0.195. The van der Waals surface area contributed by atoms with Crippen LogP contribution < -0.4 is 0 Å². The van der Waals surface area contributed by atoms with Crippen LogP contribution in [0, 0.1) is 0 Å². The average molecular weight is 281 g/mol. The molecule has 1 atom stereocenters. The summed E-state index contributed by atoms with van der Waals surface area (Å²) in [4.78, 5) is 18.0. The first-order valence-corrected chi connectivity index (χ1v) is 7.53. The fourth-order valence-corrected chi connectivity index (χ4v) is 3.20. The maximum absolute atomic E-state index is 4.77. The third kappa shape index (κ3) is 2.56. The first kappa shape index (κ1) is 12.6. The Balaban J connectivity index is 1.52. The number of imidazole rings is 2. The Morgan fingerprint density at radius 2 is 2.24 bits per heavy atom. The highest BCUT2D eigenvalue weighted by atomic mass is 15.1. The Hall–Kier alpha value is -2.14. The number of rotatable bonds is 3. The smallest absolute Gasteiger partial charge is 0.111 e. The van der Waals surface area contributed by atoms with E-state index >= 15 is 0 Å². The molecule has 0 spiro atoms. The molecule has 0 amide bonds. The maximum Gasteiger partial charge on any atom is 0.111 e. The van der Waals surface area contributed by atoms with Crippen LogP contribution in [0.4, 0.5) is 0 Å². The van der Waals surface area contributed by atoms with Crippen LogP contribution in [-0.4, -0.2) is 37.9 Å². The Morgan fingerprint density at radius 3 is 3.10 bits per heavy atom. The molecule has 1 saturated heterocycles. The lowest BCUT2D eigenvalue weighted by Crippen LogP contribution is -2.34. The Kier molecular flexibility index (Phi) is 3.20. The van der Waals surface area contributed by atoms with E-state index in [1.807, 2.05) is 12.3 Å². The minimum Gasteiger partial charge on any atom is -0.347 e. The number of nitrogens with one attached hydrogen (secondary N) is 2. The third-order valence-corrected chi connectivity index (χ3v) is 4.25. The SMILES string of the molecule is c1ccc2[nH]c([C@@H]3CCCN(Cc4cnc[nH]4)C3)nc2c1. The van der Waals surface area contributed by atoms with E-state index in [0.717, 1.165) is 36.5 Å². The highest BCUT2D eigenvalue weighted by Gasteiger charge is 2.24. The standard InChI is InChI=1S/C16H19N5/c1-2-6-15-14(5-1)19-16(20-15)12-4-3-7-21(9-12)10-13-8-17-11-18-13/h1-2,5-6,8,11-12H,3-4,7,9-10H2,(H,17,18)(H,19,20)/t12-/m1/s1. The molecule has 4 rings (SSSR count). The Morgan fingerprint density at radius 1 is 1.29 bits per heavy atom. The van der Waals surface area contributed by atoms with Crippen molar-refractivity contribution >= 4 is 11.0 Å². The number of hydrogen-bond donors (Lipinski definition) is 2. The van der Waals surface area contributed by atoms with Crippen LogP contribution in [0.5, 0.6) is 0 Å². The van der Waals surface area contributed by atoms with Gasteiger partial charge in [0.1, 0.15) is 5.82 Å². The van der Waals surface area contributed by atoms with Gasteiger partial charge in [-0.1, -0.05) is 12.1 Å². The van der Waals surface area contributed by atoms with Gasteiger partial charge in [0.25, 0.3) is 0 Å². The molecule has 21 heavy (non-hydrogen) atoms. The molecule has 108 valence electrons. The molecule has 1 aliphatic heterocycles. The number of hydrogen-bond acceptors (Lipinski definition) is 3. The van der Waals surface area contributed by atoms with Crippen molar-refractivity contribution in [3.63, 3.8) is 0 Å². The van der Waals surface area contributed by atoms with Crippen molar-refractivity contribution in [1.29, 1.82) is 0 Å². The number of likely N-dealkylation sites (tertiary alicyclic amines) is 1. The van der Waals surface area contributed by atoms with Gasteiger partial charge < -0.3 is 9.97 Å². The molecule has 1 aliphatic rings. The van der Waals surface area contributed by atoms with E-state index in [1.54, 1.807) is 6.33 Å². The van der Waals surface area contributed by atoms with E-state index < -0.39 is 0 Å². The van der Waals surface area contributed by atoms with Crippen LogP contribution >= 0.6 is 0 Å². The van der Waals surface area contributed by atoms with Crippen molar-refractivity contribution in [3.8, 4) is 0 Å². The molecule has 0 radical (unpaired) electrons. The van der Waals surface area contributed by atoms with Gasteiger partial charge in [-0.3, -0.25) is 4.90 Å². The lowest BCUT2D eigenvalue weighted by atomic mass is 9.97. The van der Waals surface area contributed by atoms with Gasteiger partial charge in [-0.25, -0.2) is 9.97 Å². The number of nitrogens with zero attached hydrogens (tertiary/aromatic N) is 3. The molecule has 2 N–H and O–H groups in total. The van der Waals surface area contributed by atoms with Crippen molar-refractivity contribution in [2.24, 2.45) is 0 Å². The van der Waals surface area contributed by atoms with Crippen molar-refractivity contribution < 1.29 is 0 Å².